The van der Waals surface area contributed by atoms with Gasteiger partial charge in [-0.15, -0.1) is 0 Å². The Balaban J connectivity index is 2.88. The van der Waals surface area contributed by atoms with Gasteiger partial charge in [-0.1, -0.05) is 13.8 Å². The van der Waals surface area contributed by atoms with E-state index in [0.29, 0.717) is 36.7 Å². The van der Waals surface area contributed by atoms with Crippen LogP contribution in [0.4, 0.5) is 5.69 Å². The van der Waals surface area contributed by atoms with E-state index < -0.39 is 0 Å². The van der Waals surface area contributed by atoms with Crippen molar-refractivity contribution in [1.82, 2.24) is 9.88 Å². The van der Waals surface area contributed by atoms with Gasteiger partial charge < -0.3 is 10.6 Å². The second-order valence-corrected chi connectivity index (χ2v) is 4.52. The van der Waals surface area contributed by atoms with Gasteiger partial charge in [0.1, 0.15) is 0 Å². The van der Waals surface area contributed by atoms with Gasteiger partial charge in [0.2, 0.25) is 0 Å². The van der Waals surface area contributed by atoms with Crippen LogP contribution in [0.25, 0.3) is 0 Å². The van der Waals surface area contributed by atoms with Crippen molar-refractivity contribution in [3.8, 4) is 6.07 Å². The van der Waals surface area contributed by atoms with E-state index in [4.69, 9.17) is 11.0 Å². The molecule has 0 saturated carbocycles. The van der Waals surface area contributed by atoms with Crippen LogP contribution < -0.4 is 5.73 Å². The van der Waals surface area contributed by atoms with Gasteiger partial charge in [0, 0.05) is 19.3 Å². The number of hydrogen-bond donors (Lipinski definition) is 1. The van der Waals surface area contributed by atoms with Crippen molar-refractivity contribution in [3.63, 3.8) is 0 Å². The topological polar surface area (TPSA) is 83.0 Å². The number of amides is 1. The van der Waals surface area contributed by atoms with Gasteiger partial charge in [-0.2, -0.15) is 5.26 Å². The van der Waals surface area contributed by atoms with Crippen LogP contribution in [0.15, 0.2) is 18.5 Å². The minimum absolute atomic E-state index is 0.140. The van der Waals surface area contributed by atoms with Crippen molar-refractivity contribution in [2.45, 2.75) is 20.3 Å². The first-order valence-corrected chi connectivity index (χ1v) is 5.92. The van der Waals surface area contributed by atoms with E-state index >= 15 is 0 Å². The summed E-state index contributed by atoms with van der Waals surface area (Å²) in [5.74, 6) is 0.203. The molecule has 1 aromatic heterocycles. The molecule has 0 aliphatic rings. The molecule has 0 aliphatic heterocycles. The SMILES string of the molecule is CC(C)CN(CCC#N)C(=O)c1ccncc1N. The number of hydrogen-bond acceptors (Lipinski definition) is 4. The Morgan fingerprint density at radius 3 is 2.89 bits per heavy atom. The zero-order valence-electron chi connectivity index (χ0n) is 10.8. The van der Waals surface area contributed by atoms with Crippen LogP contribution in [0.2, 0.25) is 0 Å². The lowest BCUT2D eigenvalue weighted by Gasteiger charge is -2.24. The fourth-order valence-corrected chi connectivity index (χ4v) is 1.67. The summed E-state index contributed by atoms with van der Waals surface area (Å²) < 4.78 is 0. The summed E-state index contributed by atoms with van der Waals surface area (Å²) in [4.78, 5) is 17.8. The third kappa shape index (κ3) is 3.74. The van der Waals surface area contributed by atoms with Gasteiger partial charge in [-0.05, 0) is 12.0 Å². The van der Waals surface area contributed by atoms with Gasteiger partial charge in [0.05, 0.1) is 29.9 Å². The van der Waals surface area contributed by atoms with Crippen LogP contribution in [0.3, 0.4) is 0 Å². The maximum absolute atomic E-state index is 12.3. The molecule has 0 aromatic carbocycles. The highest BCUT2D eigenvalue weighted by Crippen LogP contribution is 2.13. The molecule has 5 heteroatoms. The second kappa shape index (κ2) is 6.60. The third-order valence-corrected chi connectivity index (χ3v) is 2.45. The summed E-state index contributed by atoms with van der Waals surface area (Å²) in [6.45, 7) is 5.10. The highest BCUT2D eigenvalue weighted by Gasteiger charge is 2.18. The molecule has 2 N–H and O–H groups in total. The van der Waals surface area contributed by atoms with E-state index in [0.717, 1.165) is 0 Å². The molecule has 0 saturated heterocycles. The minimum Gasteiger partial charge on any atom is -0.397 e. The van der Waals surface area contributed by atoms with E-state index in [1.807, 2.05) is 13.8 Å². The molecule has 0 bridgehead atoms. The van der Waals surface area contributed by atoms with Crippen LogP contribution in [0.1, 0.15) is 30.6 Å². The molecular formula is C13H18N4O. The number of nitrogens with two attached hydrogens (primary N) is 1. The molecule has 0 fully saturated rings. The predicted molar refractivity (Wildman–Crippen MR) is 69.6 cm³/mol. The zero-order chi connectivity index (χ0) is 13.5. The molecule has 1 amide bonds. The van der Waals surface area contributed by atoms with Crippen molar-refractivity contribution in [2.75, 3.05) is 18.8 Å². The van der Waals surface area contributed by atoms with Gasteiger partial charge in [-0.3, -0.25) is 9.78 Å². The first-order valence-electron chi connectivity index (χ1n) is 5.92. The maximum atomic E-state index is 12.3. The van der Waals surface area contributed by atoms with Crippen LogP contribution in [-0.2, 0) is 0 Å². The average molecular weight is 246 g/mol. The Labute approximate surface area is 107 Å². The van der Waals surface area contributed by atoms with Gasteiger partial charge in [0.15, 0.2) is 0 Å². The second-order valence-electron chi connectivity index (χ2n) is 4.52. The molecule has 18 heavy (non-hydrogen) atoms. The highest BCUT2D eigenvalue weighted by molar-refractivity contribution is 5.98. The van der Waals surface area contributed by atoms with E-state index in [-0.39, 0.29) is 5.91 Å². The lowest BCUT2D eigenvalue weighted by Crippen LogP contribution is -2.35. The fourth-order valence-electron chi connectivity index (χ4n) is 1.67. The van der Waals surface area contributed by atoms with E-state index in [9.17, 15) is 4.79 Å². The van der Waals surface area contributed by atoms with E-state index in [1.54, 1.807) is 17.2 Å². The number of nitriles is 1. The highest BCUT2D eigenvalue weighted by atomic mass is 16.2. The standard InChI is InChI=1S/C13H18N4O/c1-10(2)9-17(7-3-5-14)13(18)11-4-6-16-8-12(11)15/h4,6,8,10H,3,7,9,15H2,1-2H3. The van der Waals surface area contributed by atoms with Crippen LogP contribution in [0.5, 0.6) is 0 Å². The molecule has 1 aromatic rings. The zero-order valence-corrected chi connectivity index (χ0v) is 10.8. The van der Waals surface area contributed by atoms with Crippen LogP contribution >= 0.6 is 0 Å². The number of rotatable bonds is 5. The van der Waals surface area contributed by atoms with Gasteiger partial charge in [-0.25, -0.2) is 0 Å². The predicted octanol–water partition coefficient (Wildman–Crippen LogP) is 1.68. The number of nitrogen functional groups attached to an aromatic ring is 1. The summed E-state index contributed by atoms with van der Waals surface area (Å²) in [5.41, 5.74) is 6.56. The Morgan fingerprint density at radius 1 is 1.61 bits per heavy atom. The van der Waals surface area contributed by atoms with Crippen molar-refractivity contribution in [3.05, 3.63) is 24.0 Å². The van der Waals surface area contributed by atoms with Crippen molar-refractivity contribution in [1.29, 1.82) is 5.26 Å². The summed E-state index contributed by atoms with van der Waals surface area (Å²) in [5, 5.41) is 8.63. The van der Waals surface area contributed by atoms with Crippen LogP contribution in [0, 0.1) is 17.2 Å². The first kappa shape index (κ1) is 14.0. The number of aromatic nitrogens is 1. The monoisotopic (exact) mass is 246 g/mol. The summed E-state index contributed by atoms with van der Waals surface area (Å²) >= 11 is 0. The molecular weight excluding hydrogens is 228 g/mol. The van der Waals surface area contributed by atoms with E-state index in [1.165, 1.54) is 6.20 Å². The van der Waals surface area contributed by atoms with Gasteiger partial charge in [0.25, 0.3) is 5.91 Å². The molecule has 0 spiro atoms. The normalized spacial score (nSPS) is 10.1. The molecule has 5 nitrogen and oxygen atoms in total. The minimum atomic E-state index is -0.140. The lowest BCUT2D eigenvalue weighted by molar-refractivity contribution is 0.0741. The summed E-state index contributed by atoms with van der Waals surface area (Å²) in [6, 6.07) is 3.66. The summed E-state index contributed by atoms with van der Waals surface area (Å²) in [7, 11) is 0. The Morgan fingerprint density at radius 2 is 2.33 bits per heavy atom. The molecule has 0 atom stereocenters. The number of anilines is 1. The molecule has 0 radical (unpaired) electrons. The Hall–Kier alpha value is -2.09. The average Bonchev–Trinajstić information content (AvgIpc) is 2.34. The van der Waals surface area contributed by atoms with Crippen molar-refractivity contribution < 1.29 is 4.79 Å². The largest absolute Gasteiger partial charge is 0.397 e. The van der Waals surface area contributed by atoms with Gasteiger partial charge >= 0.3 is 0 Å². The maximum Gasteiger partial charge on any atom is 0.256 e. The Kier molecular flexibility index (Phi) is 5.12. The molecule has 1 heterocycles. The van der Waals surface area contributed by atoms with Crippen molar-refractivity contribution >= 4 is 11.6 Å². The molecule has 96 valence electrons. The Bertz CT molecular complexity index is 451. The smallest absolute Gasteiger partial charge is 0.256 e. The molecule has 1 rings (SSSR count). The first-order chi connectivity index (χ1) is 8.56. The lowest BCUT2D eigenvalue weighted by atomic mass is 10.1. The third-order valence-electron chi connectivity index (χ3n) is 2.45. The molecule has 0 aliphatic carbocycles. The van der Waals surface area contributed by atoms with Crippen LogP contribution in [-0.4, -0.2) is 28.9 Å². The van der Waals surface area contributed by atoms with E-state index in [2.05, 4.69) is 11.1 Å². The number of pyridine rings is 1. The number of carbonyl (C=O) groups excluding carboxylic acids is 1. The quantitative estimate of drug-likeness (QED) is 0.856. The number of carbonyl (C=O) groups is 1. The number of nitrogens with zero attached hydrogens (tertiary/aromatic N) is 3. The summed E-state index contributed by atoms with van der Waals surface area (Å²) in [6.07, 6.45) is 3.33. The molecule has 0 unspecified atom stereocenters. The fraction of sp³-hybridized carbons (Fsp3) is 0.462. The van der Waals surface area contributed by atoms with Crippen molar-refractivity contribution in [2.24, 2.45) is 5.92 Å².